The maximum atomic E-state index is 12.0. The second-order valence-electron chi connectivity index (χ2n) is 5.66. The molecule has 7 heteroatoms. The van der Waals surface area contributed by atoms with Gasteiger partial charge < -0.3 is 20.7 Å². The molecule has 2 rings (SSSR count). The Labute approximate surface area is 129 Å². The molecule has 22 heavy (non-hydrogen) atoms. The van der Waals surface area contributed by atoms with Crippen molar-refractivity contribution >= 4 is 11.9 Å². The fourth-order valence-corrected chi connectivity index (χ4v) is 2.29. The molecular weight excluding hydrogens is 284 g/mol. The lowest BCUT2D eigenvalue weighted by Crippen LogP contribution is -2.39. The SMILES string of the molecule is CC(C)Oc1ccc(CNC(=O)N2CC[C@@H](C(N)=O)C2)cn1. The highest BCUT2D eigenvalue weighted by Crippen LogP contribution is 2.15. The number of nitrogens with two attached hydrogens (primary N) is 1. The molecule has 0 aromatic carbocycles. The highest BCUT2D eigenvalue weighted by atomic mass is 16.5. The van der Waals surface area contributed by atoms with Crippen LogP contribution in [-0.2, 0) is 11.3 Å². The average Bonchev–Trinajstić information content (AvgIpc) is 2.96. The van der Waals surface area contributed by atoms with Gasteiger partial charge in [-0.25, -0.2) is 9.78 Å². The van der Waals surface area contributed by atoms with Gasteiger partial charge in [0, 0.05) is 31.9 Å². The molecule has 1 aromatic rings. The Hall–Kier alpha value is -2.31. The number of primary amides is 1. The van der Waals surface area contributed by atoms with Crippen molar-refractivity contribution in [2.45, 2.75) is 32.9 Å². The van der Waals surface area contributed by atoms with E-state index in [-0.39, 0.29) is 24.0 Å². The molecule has 2 heterocycles. The van der Waals surface area contributed by atoms with Gasteiger partial charge in [-0.2, -0.15) is 0 Å². The van der Waals surface area contributed by atoms with Crippen molar-refractivity contribution in [1.82, 2.24) is 15.2 Å². The number of carbonyl (C=O) groups excluding carboxylic acids is 2. The van der Waals surface area contributed by atoms with Gasteiger partial charge in [-0.1, -0.05) is 6.07 Å². The predicted molar refractivity (Wildman–Crippen MR) is 81.1 cm³/mol. The monoisotopic (exact) mass is 306 g/mol. The molecule has 1 aromatic heterocycles. The Morgan fingerprint density at radius 2 is 2.27 bits per heavy atom. The van der Waals surface area contributed by atoms with Crippen LogP contribution < -0.4 is 15.8 Å². The number of carbonyl (C=O) groups is 2. The zero-order valence-electron chi connectivity index (χ0n) is 12.9. The lowest BCUT2D eigenvalue weighted by Gasteiger charge is -2.17. The van der Waals surface area contributed by atoms with Gasteiger partial charge in [0.1, 0.15) is 0 Å². The normalized spacial score (nSPS) is 17.6. The van der Waals surface area contributed by atoms with Crippen LogP contribution in [0.15, 0.2) is 18.3 Å². The smallest absolute Gasteiger partial charge is 0.317 e. The van der Waals surface area contributed by atoms with Crippen LogP contribution in [0.5, 0.6) is 5.88 Å². The third-order valence-electron chi connectivity index (χ3n) is 3.48. The molecule has 0 unspecified atom stereocenters. The topological polar surface area (TPSA) is 97.5 Å². The highest BCUT2D eigenvalue weighted by molar-refractivity contribution is 5.80. The zero-order chi connectivity index (χ0) is 16.1. The largest absolute Gasteiger partial charge is 0.475 e. The van der Waals surface area contributed by atoms with Crippen molar-refractivity contribution in [1.29, 1.82) is 0 Å². The molecule has 1 fully saturated rings. The molecule has 0 saturated carbocycles. The van der Waals surface area contributed by atoms with Crippen LogP contribution >= 0.6 is 0 Å². The summed E-state index contributed by atoms with van der Waals surface area (Å²) in [7, 11) is 0. The van der Waals surface area contributed by atoms with Crippen LogP contribution in [0.1, 0.15) is 25.8 Å². The standard InChI is InChI=1S/C15H22N4O3/c1-10(2)22-13-4-3-11(7-17-13)8-18-15(21)19-6-5-12(9-19)14(16)20/h3-4,7,10,12H,5-6,8-9H2,1-2H3,(H2,16,20)(H,18,21)/t12-/m1/s1. The van der Waals surface area contributed by atoms with E-state index in [9.17, 15) is 9.59 Å². The first-order valence-corrected chi connectivity index (χ1v) is 7.39. The molecule has 120 valence electrons. The minimum atomic E-state index is -0.347. The molecule has 0 radical (unpaired) electrons. The first-order valence-electron chi connectivity index (χ1n) is 7.39. The summed E-state index contributed by atoms with van der Waals surface area (Å²) in [5, 5.41) is 2.81. The average molecular weight is 306 g/mol. The lowest BCUT2D eigenvalue weighted by molar-refractivity contribution is -0.121. The molecule has 1 atom stereocenters. The third-order valence-corrected chi connectivity index (χ3v) is 3.48. The highest BCUT2D eigenvalue weighted by Gasteiger charge is 2.29. The van der Waals surface area contributed by atoms with E-state index in [1.807, 2.05) is 19.9 Å². The summed E-state index contributed by atoms with van der Waals surface area (Å²) in [6.07, 6.45) is 2.38. The Morgan fingerprint density at radius 3 is 2.82 bits per heavy atom. The Kier molecular flexibility index (Phi) is 5.19. The van der Waals surface area contributed by atoms with E-state index in [0.717, 1.165) is 5.56 Å². The molecule has 1 aliphatic rings. The van der Waals surface area contributed by atoms with E-state index < -0.39 is 0 Å². The molecule has 0 aliphatic carbocycles. The van der Waals surface area contributed by atoms with E-state index in [2.05, 4.69) is 10.3 Å². The minimum absolute atomic E-state index is 0.0754. The fourth-order valence-electron chi connectivity index (χ4n) is 2.29. The fraction of sp³-hybridized carbons (Fsp3) is 0.533. The van der Waals surface area contributed by atoms with Crippen molar-refractivity contribution in [3.63, 3.8) is 0 Å². The van der Waals surface area contributed by atoms with Crippen LogP contribution in [-0.4, -0.2) is 41.0 Å². The van der Waals surface area contributed by atoms with Gasteiger partial charge >= 0.3 is 6.03 Å². The van der Waals surface area contributed by atoms with Crippen LogP contribution in [0.2, 0.25) is 0 Å². The summed E-state index contributed by atoms with van der Waals surface area (Å²) < 4.78 is 5.46. The Bertz CT molecular complexity index is 530. The lowest BCUT2D eigenvalue weighted by atomic mass is 10.1. The first kappa shape index (κ1) is 16.1. The molecular formula is C15H22N4O3. The molecule has 7 nitrogen and oxygen atoms in total. The second kappa shape index (κ2) is 7.11. The van der Waals surface area contributed by atoms with E-state index in [4.69, 9.17) is 10.5 Å². The number of hydrogen-bond donors (Lipinski definition) is 2. The Balaban J connectivity index is 1.80. The summed E-state index contributed by atoms with van der Waals surface area (Å²) >= 11 is 0. The third kappa shape index (κ3) is 4.34. The van der Waals surface area contributed by atoms with E-state index in [1.165, 1.54) is 0 Å². The number of nitrogens with one attached hydrogen (secondary N) is 1. The van der Waals surface area contributed by atoms with Crippen molar-refractivity contribution in [3.05, 3.63) is 23.9 Å². The maximum absolute atomic E-state index is 12.0. The number of hydrogen-bond acceptors (Lipinski definition) is 4. The van der Waals surface area contributed by atoms with Crippen LogP contribution in [0.4, 0.5) is 4.79 Å². The summed E-state index contributed by atoms with van der Waals surface area (Å²) in [4.78, 5) is 28.9. The van der Waals surface area contributed by atoms with Crippen LogP contribution in [0.25, 0.3) is 0 Å². The van der Waals surface area contributed by atoms with Gasteiger partial charge in [-0.05, 0) is 25.8 Å². The van der Waals surface area contributed by atoms with Crippen molar-refractivity contribution < 1.29 is 14.3 Å². The minimum Gasteiger partial charge on any atom is -0.475 e. The van der Waals surface area contributed by atoms with Crippen molar-refractivity contribution in [2.24, 2.45) is 11.7 Å². The van der Waals surface area contributed by atoms with Gasteiger partial charge in [-0.3, -0.25) is 4.79 Å². The van der Waals surface area contributed by atoms with Gasteiger partial charge in [0.25, 0.3) is 0 Å². The number of pyridine rings is 1. The number of likely N-dealkylation sites (tertiary alicyclic amines) is 1. The quantitative estimate of drug-likeness (QED) is 0.844. The molecule has 3 N–H and O–H groups in total. The summed E-state index contributed by atoms with van der Waals surface area (Å²) in [5.41, 5.74) is 6.14. The van der Waals surface area contributed by atoms with E-state index in [1.54, 1.807) is 17.2 Å². The summed E-state index contributed by atoms with van der Waals surface area (Å²) in [5.74, 6) is -0.0194. The van der Waals surface area contributed by atoms with Crippen molar-refractivity contribution in [2.75, 3.05) is 13.1 Å². The predicted octanol–water partition coefficient (Wildman–Crippen LogP) is 0.886. The van der Waals surface area contributed by atoms with E-state index in [0.29, 0.717) is 31.9 Å². The van der Waals surface area contributed by atoms with Crippen molar-refractivity contribution in [3.8, 4) is 5.88 Å². The Morgan fingerprint density at radius 1 is 1.50 bits per heavy atom. The van der Waals surface area contributed by atoms with E-state index >= 15 is 0 Å². The maximum Gasteiger partial charge on any atom is 0.317 e. The summed E-state index contributed by atoms with van der Waals surface area (Å²) in [6, 6.07) is 3.45. The van der Waals surface area contributed by atoms with Crippen LogP contribution in [0, 0.1) is 5.92 Å². The van der Waals surface area contributed by atoms with Gasteiger partial charge in [0.15, 0.2) is 0 Å². The number of aromatic nitrogens is 1. The number of nitrogens with zero attached hydrogens (tertiary/aromatic N) is 2. The first-order chi connectivity index (χ1) is 10.5. The number of urea groups is 1. The van der Waals surface area contributed by atoms with Crippen LogP contribution in [0.3, 0.4) is 0 Å². The number of rotatable bonds is 5. The zero-order valence-corrected chi connectivity index (χ0v) is 12.9. The molecule has 0 spiro atoms. The molecule has 1 saturated heterocycles. The molecule has 3 amide bonds. The summed E-state index contributed by atoms with van der Waals surface area (Å²) in [6.45, 7) is 5.20. The molecule has 1 aliphatic heterocycles. The number of amides is 3. The van der Waals surface area contributed by atoms with Gasteiger partial charge in [0.2, 0.25) is 11.8 Å². The molecule has 0 bridgehead atoms. The van der Waals surface area contributed by atoms with Gasteiger partial charge in [0.05, 0.1) is 12.0 Å². The van der Waals surface area contributed by atoms with Gasteiger partial charge in [-0.15, -0.1) is 0 Å². The second-order valence-corrected chi connectivity index (χ2v) is 5.66. The number of ether oxygens (including phenoxy) is 1.